The number of carbonyl (C=O) groups excluding carboxylic acids is 1. The molecule has 1 N–H and O–H groups in total. The number of piperazine rings is 1. The van der Waals surface area contributed by atoms with E-state index in [-0.39, 0.29) is 23.4 Å². The van der Waals surface area contributed by atoms with Gasteiger partial charge in [0, 0.05) is 50.4 Å². The molecule has 4 rings (SSSR count). The Kier molecular flexibility index (Phi) is 7.03. The minimum Gasteiger partial charge on any atom is -0.494 e. The molecule has 2 aromatic carbocycles. The average molecular weight is 469 g/mol. The van der Waals surface area contributed by atoms with Gasteiger partial charge in [-0.15, -0.1) is 0 Å². The topological polar surface area (TPSA) is 48.1 Å². The first-order chi connectivity index (χ1) is 16.2. The van der Waals surface area contributed by atoms with Crippen LogP contribution >= 0.6 is 0 Å². The SMILES string of the molecule is COc1cc(F)ccc1N1CCN(C(C)c2cccc3c2N(C(=O)NC(C)(C)C)CCC3)CC1. The summed E-state index contributed by atoms with van der Waals surface area (Å²) in [6.07, 6.45) is 1.97. The summed E-state index contributed by atoms with van der Waals surface area (Å²) in [4.78, 5) is 19.8. The first-order valence-electron chi connectivity index (χ1n) is 12.2. The van der Waals surface area contributed by atoms with E-state index in [2.05, 4.69) is 40.2 Å². The fourth-order valence-electron chi connectivity index (χ4n) is 5.07. The van der Waals surface area contributed by atoms with Gasteiger partial charge in [0.25, 0.3) is 0 Å². The summed E-state index contributed by atoms with van der Waals surface area (Å²) in [5, 5.41) is 3.14. The quantitative estimate of drug-likeness (QED) is 0.688. The summed E-state index contributed by atoms with van der Waals surface area (Å²) in [6.45, 7) is 12.4. The smallest absolute Gasteiger partial charge is 0.322 e. The maximum absolute atomic E-state index is 13.6. The lowest BCUT2D eigenvalue weighted by atomic mass is 9.93. The van der Waals surface area contributed by atoms with Crippen molar-refractivity contribution in [3.8, 4) is 5.75 Å². The van der Waals surface area contributed by atoms with Gasteiger partial charge >= 0.3 is 6.03 Å². The van der Waals surface area contributed by atoms with E-state index in [9.17, 15) is 9.18 Å². The van der Waals surface area contributed by atoms with Crippen molar-refractivity contribution in [1.82, 2.24) is 10.2 Å². The van der Waals surface area contributed by atoms with Crippen LogP contribution < -0.4 is 19.9 Å². The molecule has 1 unspecified atom stereocenters. The number of methoxy groups -OCH3 is 1. The number of para-hydroxylation sites is 1. The van der Waals surface area contributed by atoms with E-state index in [0.29, 0.717) is 5.75 Å². The van der Waals surface area contributed by atoms with E-state index in [0.717, 1.165) is 56.9 Å². The number of halogens is 1. The number of nitrogens with one attached hydrogen (secondary N) is 1. The van der Waals surface area contributed by atoms with E-state index in [1.807, 2.05) is 25.7 Å². The molecule has 6 nitrogen and oxygen atoms in total. The molecule has 0 bridgehead atoms. The number of hydrogen-bond acceptors (Lipinski definition) is 4. The van der Waals surface area contributed by atoms with E-state index in [4.69, 9.17) is 4.74 Å². The molecule has 2 aliphatic rings. The molecule has 1 atom stereocenters. The van der Waals surface area contributed by atoms with Crippen molar-refractivity contribution in [2.24, 2.45) is 0 Å². The summed E-state index contributed by atoms with van der Waals surface area (Å²) < 4.78 is 19.1. The zero-order valence-electron chi connectivity index (χ0n) is 21.0. The van der Waals surface area contributed by atoms with Gasteiger partial charge < -0.3 is 15.0 Å². The van der Waals surface area contributed by atoms with Gasteiger partial charge in [0.1, 0.15) is 11.6 Å². The van der Waals surface area contributed by atoms with Crippen LogP contribution in [0.3, 0.4) is 0 Å². The summed E-state index contributed by atoms with van der Waals surface area (Å²) in [5.74, 6) is 0.279. The number of anilines is 2. The monoisotopic (exact) mass is 468 g/mol. The number of hydrogen-bond donors (Lipinski definition) is 1. The van der Waals surface area contributed by atoms with E-state index in [1.165, 1.54) is 23.3 Å². The van der Waals surface area contributed by atoms with Crippen LogP contribution in [0.25, 0.3) is 0 Å². The predicted molar refractivity (Wildman–Crippen MR) is 136 cm³/mol. The highest BCUT2D eigenvalue weighted by Gasteiger charge is 2.31. The van der Waals surface area contributed by atoms with Crippen molar-refractivity contribution in [2.45, 2.75) is 52.1 Å². The maximum Gasteiger partial charge on any atom is 0.322 e. The second kappa shape index (κ2) is 9.82. The van der Waals surface area contributed by atoms with Gasteiger partial charge in [-0.2, -0.15) is 0 Å². The van der Waals surface area contributed by atoms with Crippen LogP contribution in [0.1, 0.15) is 51.3 Å². The molecule has 1 saturated heterocycles. The number of urea groups is 1. The summed E-state index contributed by atoms with van der Waals surface area (Å²) in [5.41, 5.74) is 4.17. The van der Waals surface area contributed by atoms with Crippen LogP contribution in [0.2, 0.25) is 0 Å². The fraction of sp³-hybridized carbons (Fsp3) is 0.519. The molecule has 0 aromatic heterocycles. The highest BCUT2D eigenvalue weighted by molar-refractivity contribution is 5.94. The molecule has 7 heteroatoms. The second-order valence-electron chi connectivity index (χ2n) is 10.3. The van der Waals surface area contributed by atoms with E-state index >= 15 is 0 Å². The van der Waals surface area contributed by atoms with Crippen LogP contribution in [0.4, 0.5) is 20.6 Å². The van der Waals surface area contributed by atoms with Gasteiger partial charge in [-0.1, -0.05) is 18.2 Å². The van der Waals surface area contributed by atoms with Crippen molar-refractivity contribution in [3.63, 3.8) is 0 Å². The lowest BCUT2D eigenvalue weighted by molar-refractivity contribution is 0.198. The van der Waals surface area contributed by atoms with Gasteiger partial charge in [-0.3, -0.25) is 9.80 Å². The van der Waals surface area contributed by atoms with Crippen molar-refractivity contribution in [1.29, 1.82) is 0 Å². The summed E-state index contributed by atoms with van der Waals surface area (Å²) in [7, 11) is 1.58. The van der Waals surface area contributed by atoms with Crippen LogP contribution in [-0.2, 0) is 6.42 Å². The Labute approximate surface area is 202 Å². The minimum absolute atomic E-state index is 0.0266. The van der Waals surface area contributed by atoms with Crippen LogP contribution in [0.15, 0.2) is 36.4 Å². The van der Waals surface area contributed by atoms with Gasteiger partial charge in [0.05, 0.1) is 18.5 Å². The average Bonchev–Trinajstić information content (AvgIpc) is 2.81. The number of aryl methyl sites for hydroxylation is 1. The number of carbonyl (C=O) groups is 1. The molecule has 2 aliphatic heterocycles. The number of benzene rings is 2. The zero-order chi connectivity index (χ0) is 24.5. The van der Waals surface area contributed by atoms with E-state index in [1.54, 1.807) is 13.2 Å². The molecule has 184 valence electrons. The Morgan fingerprint density at radius 2 is 1.82 bits per heavy atom. The zero-order valence-corrected chi connectivity index (χ0v) is 21.0. The van der Waals surface area contributed by atoms with Crippen molar-refractivity contribution in [3.05, 3.63) is 53.3 Å². The molecule has 0 aliphatic carbocycles. The third-order valence-electron chi connectivity index (χ3n) is 6.77. The Bertz CT molecular complexity index is 1030. The molecule has 34 heavy (non-hydrogen) atoms. The van der Waals surface area contributed by atoms with Crippen molar-refractivity contribution >= 4 is 17.4 Å². The number of rotatable bonds is 4. The third kappa shape index (κ3) is 5.14. The first kappa shape index (κ1) is 24.3. The van der Waals surface area contributed by atoms with E-state index < -0.39 is 0 Å². The lowest BCUT2D eigenvalue weighted by Crippen LogP contribution is -2.51. The normalized spacial score (nSPS) is 17.8. The number of ether oxygens (including phenoxy) is 1. The molecular formula is C27H37FN4O2. The second-order valence-corrected chi connectivity index (χ2v) is 10.3. The summed E-state index contributed by atoms with van der Waals surface area (Å²) in [6, 6.07) is 11.3. The van der Waals surface area contributed by atoms with Gasteiger partial charge in [0.15, 0.2) is 0 Å². The molecule has 0 spiro atoms. The Morgan fingerprint density at radius 1 is 1.09 bits per heavy atom. The van der Waals surface area contributed by atoms with Crippen molar-refractivity contribution in [2.75, 3.05) is 49.6 Å². The highest BCUT2D eigenvalue weighted by atomic mass is 19.1. The van der Waals surface area contributed by atoms with Crippen LogP contribution in [0.5, 0.6) is 5.75 Å². The van der Waals surface area contributed by atoms with Gasteiger partial charge in [-0.25, -0.2) is 9.18 Å². The number of nitrogens with zero attached hydrogens (tertiary/aromatic N) is 3. The van der Waals surface area contributed by atoms with Crippen LogP contribution in [0, 0.1) is 5.82 Å². The summed E-state index contributed by atoms with van der Waals surface area (Å²) >= 11 is 0. The molecular weight excluding hydrogens is 431 g/mol. The fourth-order valence-corrected chi connectivity index (χ4v) is 5.07. The van der Waals surface area contributed by atoms with Gasteiger partial charge in [-0.05, 0) is 63.8 Å². The predicted octanol–water partition coefficient (Wildman–Crippen LogP) is 4.98. The molecule has 0 saturated carbocycles. The third-order valence-corrected chi connectivity index (χ3v) is 6.77. The Hall–Kier alpha value is -2.80. The number of amides is 2. The van der Waals surface area contributed by atoms with Crippen LogP contribution in [-0.4, -0.2) is 56.3 Å². The minimum atomic E-state index is -0.290. The van der Waals surface area contributed by atoms with Gasteiger partial charge in [0.2, 0.25) is 0 Å². The maximum atomic E-state index is 13.6. The van der Waals surface area contributed by atoms with Crippen molar-refractivity contribution < 1.29 is 13.9 Å². The largest absolute Gasteiger partial charge is 0.494 e. The lowest BCUT2D eigenvalue weighted by Gasteiger charge is -2.41. The first-order valence-corrected chi connectivity index (χ1v) is 12.2. The Morgan fingerprint density at radius 3 is 2.50 bits per heavy atom. The molecule has 1 fully saturated rings. The molecule has 2 amide bonds. The highest BCUT2D eigenvalue weighted by Crippen LogP contribution is 2.38. The molecule has 0 radical (unpaired) electrons. The molecule has 2 heterocycles. The number of fused-ring (bicyclic) bond motifs is 1. The standard InChI is InChI=1S/C27H37FN4O2/c1-19(30-14-16-31(17-15-30)23-12-11-21(28)18-24(23)34-5)22-10-6-8-20-9-7-13-32(25(20)22)26(33)29-27(2,3)4/h6,8,10-12,18-19H,7,9,13-17H2,1-5H3,(H,29,33). The Balaban J connectivity index is 1.53. The molecule has 2 aromatic rings.